The van der Waals surface area contributed by atoms with E-state index in [4.69, 9.17) is 9.72 Å². The lowest BCUT2D eigenvalue weighted by atomic mass is 10.1. The van der Waals surface area contributed by atoms with Crippen LogP contribution in [0.1, 0.15) is 18.5 Å². The van der Waals surface area contributed by atoms with E-state index in [9.17, 15) is 9.59 Å². The van der Waals surface area contributed by atoms with Gasteiger partial charge in [0.05, 0.1) is 18.8 Å². The number of para-hydroxylation sites is 2. The first-order valence-corrected chi connectivity index (χ1v) is 11.4. The Labute approximate surface area is 196 Å². The standard InChI is InChI=1S/C25H28N6O3/c1-17(18-9-5-4-6-10-18)30-23(32)21-22(28(2)25(30)33)27-24(29-15-13-26-14-16-29)31(21)19-11-7-8-12-20(19)34-3/h4-12,17,26H,13-16H2,1-3H3. The fourth-order valence-electron chi connectivity index (χ4n) is 4.62. The van der Waals surface area contributed by atoms with E-state index in [-0.39, 0.29) is 5.56 Å². The minimum Gasteiger partial charge on any atom is -0.495 e. The Morgan fingerprint density at radius 2 is 1.68 bits per heavy atom. The molecule has 1 aliphatic heterocycles. The van der Waals surface area contributed by atoms with Crippen molar-refractivity contribution >= 4 is 17.1 Å². The Morgan fingerprint density at radius 3 is 2.38 bits per heavy atom. The number of aromatic nitrogens is 4. The van der Waals surface area contributed by atoms with Gasteiger partial charge < -0.3 is 15.0 Å². The highest BCUT2D eigenvalue weighted by Gasteiger charge is 2.28. The number of ether oxygens (including phenoxy) is 1. The molecular weight excluding hydrogens is 432 g/mol. The van der Waals surface area contributed by atoms with Crippen LogP contribution in [0.4, 0.5) is 5.95 Å². The summed E-state index contributed by atoms with van der Waals surface area (Å²) in [4.78, 5) is 34.4. The van der Waals surface area contributed by atoms with Crippen LogP contribution in [0.15, 0.2) is 64.2 Å². The molecule has 0 aliphatic carbocycles. The molecule has 34 heavy (non-hydrogen) atoms. The molecule has 1 atom stereocenters. The van der Waals surface area contributed by atoms with Crippen molar-refractivity contribution in [1.29, 1.82) is 0 Å². The van der Waals surface area contributed by atoms with E-state index < -0.39 is 11.7 Å². The van der Waals surface area contributed by atoms with Gasteiger partial charge in [0, 0.05) is 33.2 Å². The molecule has 4 aromatic rings. The van der Waals surface area contributed by atoms with Crippen molar-refractivity contribution in [2.24, 2.45) is 7.05 Å². The second-order valence-electron chi connectivity index (χ2n) is 8.43. The minimum atomic E-state index is -0.444. The van der Waals surface area contributed by atoms with E-state index in [0.717, 1.165) is 31.7 Å². The fourth-order valence-corrected chi connectivity index (χ4v) is 4.62. The van der Waals surface area contributed by atoms with E-state index in [1.807, 2.05) is 66.1 Å². The zero-order valence-electron chi connectivity index (χ0n) is 19.6. The number of aryl methyl sites for hydroxylation is 1. The summed E-state index contributed by atoms with van der Waals surface area (Å²) < 4.78 is 10.3. The lowest BCUT2D eigenvalue weighted by Gasteiger charge is -2.29. The van der Waals surface area contributed by atoms with Crippen LogP contribution in [0, 0.1) is 0 Å². The lowest BCUT2D eigenvalue weighted by molar-refractivity contribution is 0.413. The highest BCUT2D eigenvalue weighted by Crippen LogP contribution is 2.31. The van der Waals surface area contributed by atoms with Crippen molar-refractivity contribution in [1.82, 2.24) is 24.0 Å². The minimum absolute atomic E-state index is 0.350. The molecule has 2 aromatic carbocycles. The third-order valence-corrected chi connectivity index (χ3v) is 6.47. The number of hydrogen-bond acceptors (Lipinski definition) is 6. The predicted molar refractivity (Wildman–Crippen MR) is 132 cm³/mol. The number of nitrogens with zero attached hydrogens (tertiary/aromatic N) is 5. The maximum Gasteiger partial charge on any atom is 0.333 e. The molecule has 1 saturated heterocycles. The zero-order valence-corrected chi connectivity index (χ0v) is 19.6. The molecule has 3 heterocycles. The molecule has 0 amide bonds. The van der Waals surface area contributed by atoms with Crippen LogP contribution in [-0.4, -0.2) is 52.0 Å². The number of imidazole rings is 1. The molecule has 1 unspecified atom stereocenters. The second kappa shape index (κ2) is 8.83. The molecular formula is C25H28N6O3. The zero-order chi connectivity index (χ0) is 23.8. The van der Waals surface area contributed by atoms with Gasteiger partial charge in [0.15, 0.2) is 11.2 Å². The van der Waals surface area contributed by atoms with E-state index in [1.54, 1.807) is 14.2 Å². The maximum atomic E-state index is 14.0. The average molecular weight is 461 g/mol. The summed E-state index contributed by atoms with van der Waals surface area (Å²) in [5.74, 6) is 1.24. The molecule has 0 saturated carbocycles. The Hall–Kier alpha value is -3.85. The summed E-state index contributed by atoms with van der Waals surface area (Å²) in [7, 11) is 3.27. The summed E-state index contributed by atoms with van der Waals surface area (Å²) in [6, 6.07) is 16.7. The van der Waals surface area contributed by atoms with Crippen molar-refractivity contribution in [2.45, 2.75) is 13.0 Å². The van der Waals surface area contributed by atoms with E-state index in [1.165, 1.54) is 9.13 Å². The van der Waals surface area contributed by atoms with Gasteiger partial charge in [-0.25, -0.2) is 4.79 Å². The number of piperazine rings is 1. The first-order valence-electron chi connectivity index (χ1n) is 11.4. The largest absolute Gasteiger partial charge is 0.495 e. The number of methoxy groups -OCH3 is 1. The molecule has 1 fully saturated rings. The van der Waals surface area contributed by atoms with Gasteiger partial charge in [0.2, 0.25) is 5.95 Å². The summed E-state index contributed by atoms with van der Waals surface area (Å²) in [5, 5.41) is 3.35. The number of hydrogen-bond donors (Lipinski definition) is 1. The van der Waals surface area contributed by atoms with Gasteiger partial charge in [-0.2, -0.15) is 4.98 Å². The van der Waals surface area contributed by atoms with Gasteiger partial charge >= 0.3 is 5.69 Å². The number of fused-ring (bicyclic) bond motifs is 1. The Kier molecular flexibility index (Phi) is 5.70. The molecule has 1 aliphatic rings. The van der Waals surface area contributed by atoms with Crippen LogP contribution < -0.4 is 26.2 Å². The molecule has 5 rings (SSSR count). The quantitative estimate of drug-likeness (QED) is 0.490. The maximum absolute atomic E-state index is 14.0. The smallest absolute Gasteiger partial charge is 0.333 e. The molecule has 0 bridgehead atoms. The first-order chi connectivity index (χ1) is 16.5. The van der Waals surface area contributed by atoms with Gasteiger partial charge in [-0.1, -0.05) is 42.5 Å². The number of anilines is 1. The van der Waals surface area contributed by atoms with Crippen LogP contribution in [0.2, 0.25) is 0 Å². The van der Waals surface area contributed by atoms with Crippen LogP contribution in [-0.2, 0) is 7.05 Å². The molecule has 0 radical (unpaired) electrons. The summed E-state index contributed by atoms with van der Waals surface area (Å²) in [6.07, 6.45) is 0. The van der Waals surface area contributed by atoms with Crippen molar-refractivity contribution in [2.75, 3.05) is 38.2 Å². The summed E-state index contributed by atoms with van der Waals surface area (Å²) >= 11 is 0. The van der Waals surface area contributed by atoms with E-state index in [2.05, 4.69) is 10.2 Å². The fraction of sp³-hybridized carbons (Fsp3) is 0.320. The molecule has 2 aromatic heterocycles. The highest BCUT2D eigenvalue weighted by molar-refractivity contribution is 5.79. The van der Waals surface area contributed by atoms with E-state index in [0.29, 0.717) is 28.5 Å². The van der Waals surface area contributed by atoms with Gasteiger partial charge in [-0.3, -0.25) is 18.5 Å². The van der Waals surface area contributed by atoms with E-state index >= 15 is 0 Å². The van der Waals surface area contributed by atoms with Crippen LogP contribution in [0.5, 0.6) is 5.75 Å². The third kappa shape index (κ3) is 3.49. The normalized spacial score (nSPS) is 15.0. The topological polar surface area (TPSA) is 86.3 Å². The van der Waals surface area contributed by atoms with Crippen molar-refractivity contribution < 1.29 is 4.74 Å². The average Bonchev–Trinajstić information content (AvgIpc) is 3.29. The Balaban J connectivity index is 1.86. The van der Waals surface area contributed by atoms with Crippen LogP contribution in [0.3, 0.4) is 0 Å². The monoisotopic (exact) mass is 460 g/mol. The van der Waals surface area contributed by atoms with Gasteiger partial charge in [0.25, 0.3) is 5.56 Å². The Morgan fingerprint density at radius 1 is 1.00 bits per heavy atom. The highest BCUT2D eigenvalue weighted by atomic mass is 16.5. The van der Waals surface area contributed by atoms with Crippen LogP contribution in [0.25, 0.3) is 16.9 Å². The molecule has 0 spiro atoms. The molecule has 1 N–H and O–H groups in total. The second-order valence-corrected chi connectivity index (χ2v) is 8.43. The number of rotatable bonds is 5. The Bertz CT molecular complexity index is 1450. The van der Waals surface area contributed by atoms with Gasteiger partial charge in [-0.05, 0) is 24.6 Å². The first kappa shape index (κ1) is 22.0. The summed E-state index contributed by atoms with van der Waals surface area (Å²) in [5.41, 5.74) is 1.51. The van der Waals surface area contributed by atoms with Gasteiger partial charge in [-0.15, -0.1) is 0 Å². The van der Waals surface area contributed by atoms with Crippen molar-refractivity contribution in [3.05, 3.63) is 81.0 Å². The number of nitrogens with one attached hydrogen (secondary N) is 1. The molecule has 9 heteroatoms. The van der Waals surface area contributed by atoms with Crippen LogP contribution >= 0.6 is 0 Å². The SMILES string of the molecule is COc1ccccc1-n1c(N2CCNCC2)nc2c1c(=O)n(C(C)c1ccccc1)c(=O)n2C. The van der Waals surface area contributed by atoms with Gasteiger partial charge in [0.1, 0.15) is 5.75 Å². The lowest BCUT2D eigenvalue weighted by Crippen LogP contribution is -2.44. The summed E-state index contributed by atoms with van der Waals surface area (Å²) in [6.45, 7) is 4.96. The predicted octanol–water partition coefficient (Wildman–Crippen LogP) is 1.91. The molecule has 9 nitrogen and oxygen atoms in total. The number of benzene rings is 2. The van der Waals surface area contributed by atoms with Crippen molar-refractivity contribution in [3.8, 4) is 11.4 Å². The third-order valence-electron chi connectivity index (χ3n) is 6.47. The molecule has 176 valence electrons. The van der Waals surface area contributed by atoms with Crippen molar-refractivity contribution in [3.63, 3.8) is 0 Å².